The summed E-state index contributed by atoms with van der Waals surface area (Å²) in [5.74, 6) is -0.0201. The van der Waals surface area contributed by atoms with Crippen LogP contribution in [0.25, 0.3) is 0 Å². The zero-order chi connectivity index (χ0) is 20.8. The lowest BCUT2D eigenvalue weighted by atomic mass is 9.99. The van der Waals surface area contributed by atoms with Gasteiger partial charge in [-0.1, -0.05) is 19.1 Å². The van der Waals surface area contributed by atoms with Crippen LogP contribution in [0.4, 0.5) is 15.8 Å². The fourth-order valence-corrected chi connectivity index (χ4v) is 3.49. The first kappa shape index (κ1) is 20.8. The third kappa shape index (κ3) is 6.04. The molecule has 0 saturated carbocycles. The number of benzene rings is 2. The lowest BCUT2D eigenvalue weighted by Gasteiger charge is -2.32. The maximum absolute atomic E-state index is 13.1. The number of nitrogens with one attached hydrogen (secondary N) is 1. The van der Waals surface area contributed by atoms with E-state index in [4.69, 9.17) is 0 Å². The van der Waals surface area contributed by atoms with Gasteiger partial charge in [-0.05, 0) is 60.7 Å². The van der Waals surface area contributed by atoms with Crippen molar-refractivity contribution >= 4 is 23.2 Å². The van der Waals surface area contributed by atoms with Gasteiger partial charge in [-0.25, -0.2) is 4.39 Å². The summed E-state index contributed by atoms with van der Waals surface area (Å²) in [4.78, 5) is 28.1. The van der Waals surface area contributed by atoms with E-state index in [-0.39, 0.29) is 30.7 Å². The van der Waals surface area contributed by atoms with Crippen molar-refractivity contribution in [3.05, 3.63) is 59.9 Å². The smallest absolute Gasteiger partial charge is 0.244 e. The molecule has 0 atom stereocenters. The zero-order valence-corrected chi connectivity index (χ0v) is 17.0. The Bertz CT molecular complexity index is 828. The normalized spacial score (nSPS) is 14.5. The molecule has 29 heavy (non-hydrogen) atoms. The van der Waals surface area contributed by atoms with Gasteiger partial charge in [-0.15, -0.1) is 0 Å². The van der Waals surface area contributed by atoms with E-state index in [1.54, 1.807) is 12.1 Å². The molecule has 2 amide bonds. The van der Waals surface area contributed by atoms with E-state index in [1.165, 1.54) is 36.8 Å². The highest BCUT2D eigenvalue weighted by atomic mass is 19.1. The highest BCUT2D eigenvalue weighted by molar-refractivity contribution is 5.94. The summed E-state index contributed by atoms with van der Waals surface area (Å²) >= 11 is 0. The fourth-order valence-electron chi connectivity index (χ4n) is 3.49. The minimum Gasteiger partial charge on any atom is -0.372 e. The molecule has 1 aliphatic heterocycles. The average molecular weight is 397 g/mol. The summed E-state index contributed by atoms with van der Waals surface area (Å²) in [6, 6.07) is 13.7. The number of nitrogens with zero attached hydrogens (tertiary/aromatic N) is 2. The van der Waals surface area contributed by atoms with Gasteiger partial charge in [0.25, 0.3) is 0 Å². The topological polar surface area (TPSA) is 52.7 Å². The van der Waals surface area contributed by atoms with Gasteiger partial charge in [-0.2, -0.15) is 0 Å². The number of amides is 2. The van der Waals surface area contributed by atoms with Gasteiger partial charge in [0.05, 0.1) is 0 Å². The number of halogens is 1. The van der Waals surface area contributed by atoms with Gasteiger partial charge < -0.3 is 15.1 Å². The Labute approximate surface area is 171 Å². The Kier molecular flexibility index (Phi) is 6.86. The number of rotatable bonds is 6. The summed E-state index contributed by atoms with van der Waals surface area (Å²) in [5, 5.41) is 2.85. The molecule has 0 spiro atoms. The largest absolute Gasteiger partial charge is 0.372 e. The van der Waals surface area contributed by atoms with Crippen molar-refractivity contribution in [2.45, 2.75) is 33.2 Å². The molecule has 2 aromatic carbocycles. The molecule has 1 saturated heterocycles. The van der Waals surface area contributed by atoms with Crippen LogP contribution >= 0.6 is 0 Å². The average Bonchev–Trinajstić information content (AvgIpc) is 2.70. The monoisotopic (exact) mass is 397 g/mol. The van der Waals surface area contributed by atoms with Crippen molar-refractivity contribution < 1.29 is 14.0 Å². The van der Waals surface area contributed by atoms with E-state index < -0.39 is 0 Å². The Balaban J connectivity index is 1.55. The highest BCUT2D eigenvalue weighted by Gasteiger charge is 2.17. The SMILES string of the molecule is CC(=O)N(CC(=O)Nc1ccc(N2CCC(C)CC2)cc1)Cc1ccc(F)cc1. The summed E-state index contributed by atoms with van der Waals surface area (Å²) in [5.41, 5.74) is 2.64. The first-order valence-corrected chi connectivity index (χ1v) is 10.1. The Morgan fingerprint density at radius 1 is 1.07 bits per heavy atom. The number of carbonyl (C=O) groups excluding carboxylic acids is 2. The molecule has 1 aliphatic rings. The molecule has 0 unspecified atom stereocenters. The molecular weight excluding hydrogens is 369 g/mol. The first-order valence-electron chi connectivity index (χ1n) is 10.1. The highest BCUT2D eigenvalue weighted by Crippen LogP contribution is 2.24. The second-order valence-electron chi connectivity index (χ2n) is 7.77. The van der Waals surface area contributed by atoms with Crippen molar-refractivity contribution in [3.8, 4) is 0 Å². The number of hydrogen-bond acceptors (Lipinski definition) is 3. The van der Waals surface area contributed by atoms with E-state index in [2.05, 4.69) is 17.1 Å². The first-order chi connectivity index (χ1) is 13.9. The van der Waals surface area contributed by atoms with Crippen molar-refractivity contribution in [1.82, 2.24) is 4.90 Å². The fraction of sp³-hybridized carbons (Fsp3) is 0.391. The number of carbonyl (C=O) groups is 2. The lowest BCUT2D eigenvalue weighted by Crippen LogP contribution is -2.36. The molecule has 2 aromatic rings. The van der Waals surface area contributed by atoms with Crippen LogP contribution in [0, 0.1) is 11.7 Å². The Morgan fingerprint density at radius 3 is 2.28 bits per heavy atom. The van der Waals surface area contributed by atoms with Gasteiger partial charge in [0.2, 0.25) is 11.8 Å². The number of hydrogen-bond donors (Lipinski definition) is 1. The van der Waals surface area contributed by atoms with Crippen LogP contribution in [0.5, 0.6) is 0 Å². The number of piperidine rings is 1. The third-order valence-electron chi connectivity index (χ3n) is 5.37. The van der Waals surface area contributed by atoms with Crippen LogP contribution < -0.4 is 10.2 Å². The molecule has 0 radical (unpaired) electrons. The van der Waals surface area contributed by atoms with Gasteiger partial charge in [0.15, 0.2) is 0 Å². The molecule has 0 aliphatic carbocycles. The van der Waals surface area contributed by atoms with Gasteiger partial charge in [-0.3, -0.25) is 9.59 Å². The standard InChI is InChI=1S/C23H28FN3O2/c1-17-11-13-26(14-12-17)22-9-7-21(8-10-22)25-23(29)16-27(18(2)28)15-19-3-5-20(24)6-4-19/h3-10,17H,11-16H2,1-2H3,(H,25,29). The molecule has 154 valence electrons. The predicted octanol–water partition coefficient (Wildman–Crippen LogP) is 4.05. The van der Waals surface area contributed by atoms with Gasteiger partial charge >= 0.3 is 0 Å². The lowest BCUT2D eigenvalue weighted by molar-refractivity contribution is -0.133. The van der Waals surface area contributed by atoms with E-state index in [0.717, 1.165) is 30.3 Å². The Morgan fingerprint density at radius 2 is 1.69 bits per heavy atom. The van der Waals surface area contributed by atoms with Crippen molar-refractivity contribution in [3.63, 3.8) is 0 Å². The van der Waals surface area contributed by atoms with Crippen LogP contribution in [0.15, 0.2) is 48.5 Å². The van der Waals surface area contributed by atoms with Crippen LogP contribution in [-0.4, -0.2) is 36.3 Å². The molecular formula is C23H28FN3O2. The maximum Gasteiger partial charge on any atom is 0.244 e. The van der Waals surface area contributed by atoms with E-state index >= 15 is 0 Å². The van der Waals surface area contributed by atoms with Crippen LogP contribution in [0.1, 0.15) is 32.3 Å². The van der Waals surface area contributed by atoms with Crippen LogP contribution in [0.3, 0.4) is 0 Å². The summed E-state index contributed by atoms with van der Waals surface area (Å²) in [6.45, 7) is 6.03. The van der Waals surface area contributed by atoms with Crippen LogP contribution in [-0.2, 0) is 16.1 Å². The van der Waals surface area contributed by atoms with Crippen LogP contribution in [0.2, 0.25) is 0 Å². The second kappa shape index (κ2) is 9.54. The quantitative estimate of drug-likeness (QED) is 0.800. The predicted molar refractivity (Wildman–Crippen MR) is 113 cm³/mol. The van der Waals surface area contributed by atoms with E-state index in [0.29, 0.717) is 5.69 Å². The summed E-state index contributed by atoms with van der Waals surface area (Å²) in [6.07, 6.45) is 2.40. The molecule has 1 fully saturated rings. The summed E-state index contributed by atoms with van der Waals surface area (Å²) < 4.78 is 13.1. The molecule has 1 N–H and O–H groups in total. The van der Waals surface area contributed by atoms with Crippen molar-refractivity contribution in [1.29, 1.82) is 0 Å². The second-order valence-corrected chi connectivity index (χ2v) is 7.77. The third-order valence-corrected chi connectivity index (χ3v) is 5.37. The maximum atomic E-state index is 13.1. The summed E-state index contributed by atoms with van der Waals surface area (Å²) in [7, 11) is 0. The molecule has 1 heterocycles. The van der Waals surface area contributed by atoms with Gasteiger partial charge in [0.1, 0.15) is 12.4 Å². The van der Waals surface area contributed by atoms with E-state index in [9.17, 15) is 14.0 Å². The van der Waals surface area contributed by atoms with Crippen molar-refractivity contribution in [2.24, 2.45) is 5.92 Å². The minimum atomic E-state index is -0.330. The molecule has 0 aromatic heterocycles. The molecule has 3 rings (SSSR count). The minimum absolute atomic E-state index is 0.0571. The zero-order valence-electron chi connectivity index (χ0n) is 17.0. The molecule has 0 bridgehead atoms. The van der Waals surface area contributed by atoms with Crippen molar-refractivity contribution in [2.75, 3.05) is 29.9 Å². The molecule has 5 nitrogen and oxygen atoms in total. The van der Waals surface area contributed by atoms with Gasteiger partial charge in [0, 0.05) is 37.9 Å². The molecule has 6 heteroatoms. The van der Waals surface area contributed by atoms with E-state index in [1.807, 2.05) is 24.3 Å². The Hall–Kier alpha value is -2.89. The number of anilines is 2.